The van der Waals surface area contributed by atoms with Crippen molar-refractivity contribution in [2.45, 2.75) is 51.5 Å². The Morgan fingerprint density at radius 2 is 1.65 bits per heavy atom. The summed E-state index contributed by atoms with van der Waals surface area (Å²) in [6, 6.07) is 13.1. The second-order valence-electron chi connectivity index (χ2n) is 10.8. The van der Waals surface area contributed by atoms with E-state index in [9.17, 15) is 22.8 Å². The minimum atomic E-state index is -4.72. The van der Waals surface area contributed by atoms with Crippen LogP contribution in [0.2, 0.25) is 0 Å². The third-order valence-electron chi connectivity index (χ3n) is 6.16. The van der Waals surface area contributed by atoms with Gasteiger partial charge in [-0.05, 0) is 57.2 Å². The summed E-state index contributed by atoms with van der Waals surface area (Å²) in [6.07, 6.45) is -2.30. The number of anilines is 5. The Morgan fingerprint density at radius 3 is 2.30 bits per heavy atom. The van der Waals surface area contributed by atoms with Crippen molar-refractivity contribution >= 4 is 40.8 Å². The van der Waals surface area contributed by atoms with E-state index in [0.717, 1.165) is 6.08 Å². The van der Waals surface area contributed by atoms with Gasteiger partial charge in [-0.2, -0.15) is 18.2 Å². The maximum absolute atomic E-state index is 13.8. The van der Waals surface area contributed by atoms with Gasteiger partial charge in [0.15, 0.2) is 0 Å². The van der Waals surface area contributed by atoms with Gasteiger partial charge in [-0.3, -0.25) is 4.79 Å². The lowest BCUT2D eigenvalue weighted by molar-refractivity contribution is -0.137. The molecule has 3 N–H and O–H groups in total. The van der Waals surface area contributed by atoms with Crippen molar-refractivity contribution in [3.05, 3.63) is 72.9 Å². The highest BCUT2D eigenvalue weighted by Gasteiger charge is 2.35. The first-order valence-electron chi connectivity index (χ1n) is 13.6. The molecule has 1 aliphatic rings. The first kappa shape index (κ1) is 31.1. The van der Waals surface area contributed by atoms with Crippen LogP contribution in [-0.4, -0.2) is 51.7 Å². The molecule has 1 aromatic heterocycles. The molecule has 2 heterocycles. The van der Waals surface area contributed by atoms with Crippen molar-refractivity contribution in [2.75, 3.05) is 29.0 Å². The van der Waals surface area contributed by atoms with E-state index in [4.69, 9.17) is 9.47 Å². The van der Waals surface area contributed by atoms with Crippen LogP contribution in [0.1, 0.15) is 39.2 Å². The molecule has 3 aromatic rings. The standard InChI is InChI=1S/C30H33F3N6O4/c1-5-25(40)35-19-8-6-9-20(16-19)37-27-34-18-24(30(31,32)33)26(38-27)36-21-10-7-11-23(17-21)42-22-12-14-39(15-13-22)28(41)43-29(2,3)4/h5-11,16-18,22H,1,12-15H2,2-4H3,(H,35,40)(H2,34,36,37,38). The zero-order chi connectivity index (χ0) is 31.2. The van der Waals surface area contributed by atoms with E-state index in [-0.39, 0.29) is 18.1 Å². The topological polar surface area (TPSA) is 118 Å². The number of aromatic nitrogens is 2. The molecule has 228 valence electrons. The Labute approximate surface area is 247 Å². The van der Waals surface area contributed by atoms with Crippen LogP contribution >= 0.6 is 0 Å². The first-order chi connectivity index (χ1) is 20.3. The number of rotatable bonds is 8. The maximum atomic E-state index is 13.8. The van der Waals surface area contributed by atoms with E-state index < -0.39 is 29.1 Å². The summed E-state index contributed by atoms with van der Waals surface area (Å²) >= 11 is 0. The first-order valence-corrected chi connectivity index (χ1v) is 13.6. The van der Waals surface area contributed by atoms with Gasteiger partial charge in [-0.15, -0.1) is 0 Å². The number of piperidine rings is 1. The van der Waals surface area contributed by atoms with Gasteiger partial charge in [-0.1, -0.05) is 18.7 Å². The summed E-state index contributed by atoms with van der Waals surface area (Å²) in [7, 11) is 0. The van der Waals surface area contributed by atoms with Crippen molar-refractivity contribution in [2.24, 2.45) is 0 Å². The van der Waals surface area contributed by atoms with Gasteiger partial charge < -0.3 is 30.3 Å². The highest BCUT2D eigenvalue weighted by atomic mass is 19.4. The number of halogens is 3. The fourth-order valence-corrected chi connectivity index (χ4v) is 4.20. The Morgan fingerprint density at radius 1 is 1.00 bits per heavy atom. The number of nitrogens with zero attached hydrogens (tertiary/aromatic N) is 3. The zero-order valence-corrected chi connectivity index (χ0v) is 24.0. The SMILES string of the molecule is C=CC(=O)Nc1cccc(Nc2ncc(C(F)(F)F)c(Nc3cccc(OC4CCN(C(=O)OC(C)(C)C)CC4)c3)n2)c1. The molecule has 2 amide bonds. The normalized spacial score (nSPS) is 14.0. The van der Waals surface area contributed by atoms with E-state index in [0.29, 0.717) is 54.9 Å². The minimum Gasteiger partial charge on any atom is -0.490 e. The summed E-state index contributed by atoms with van der Waals surface area (Å²) < 4.78 is 53.0. The molecule has 1 aliphatic heterocycles. The van der Waals surface area contributed by atoms with Crippen molar-refractivity contribution in [1.29, 1.82) is 0 Å². The number of ether oxygens (including phenoxy) is 2. The van der Waals surface area contributed by atoms with E-state index in [1.165, 1.54) is 0 Å². The molecule has 10 nitrogen and oxygen atoms in total. The van der Waals surface area contributed by atoms with Crippen LogP contribution in [0.15, 0.2) is 67.4 Å². The molecule has 13 heteroatoms. The van der Waals surface area contributed by atoms with Gasteiger partial charge in [-0.25, -0.2) is 9.78 Å². The number of benzene rings is 2. The molecule has 1 fully saturated rings. The molecule has 0 radical (unpaired) electrons. The number of amides is 2. The predicted molar refractivity (Wildman–Crippen MR) is 157 cm³/mol. The second kappa shape index (κ2) is 13.0. The molecular weight excluding hydrogens is 565 g/mol. The fraction of sp³-hybridized carbons (Fsp3) is 0.333. The summed E-state index contributed by atoms with van der Waals surface area (Å²) in [4.78, 5) is 33.5. The zero-order valence-electron chi connectivity index (χ0n) is 24.0. The van der Waals surface area contributed by atoms with Crippen LogP contribution in [0.3, 0.4) is 0 Å². The van der Waals surface area contributed by atoms with Crippen LogP contribution in [0.4, 0.5) is 46.8 Å². The summed E-state index contributed by atoms with van der Waals surface area (Å²) in [5, 5.41) is 8.21. The molecule has 43 heavy (non-hydrogen) atoms. The van der Waals surface area contributed by atoms with Crippen molar-refractivity contribution < 1.29 is 32.2 Å². The third-order valence-corrected chi connectivity index (χ3v) is 6.16. The van der Waals surface area contributed by atoms with Gasteiger partial charge in [0.2, 0.25) is 11.9 Å². The van der Waals surface area contributed by atoms with Crippen LogP contribution < -0.4 is 20.7 Å². The van der Waals surface area contributed by atoms with Gasteiger partial charge in [0.05, 0.1) is 0 Å². The lowest BCUT2D eigenvalue weighted by Gasteiger charge is -2.33. The number of nitrogens with one attached hydrogen (secondary N) is 3. The van der Waals surface area contributed by atoms with E-state index in [2.05, 4.69) is 32.5 Å². The average Bonchev–Trinajstić information content (AvgIpc) is 2.92. The molecule has 0 aliphatic carbocycles. The van der Waals surface area contributed by atoms with Crippen LogP contribution in [-0.2, 0) is 15.7 Å². The fourth-order valence-electron chi connectivity index (χ4n) is 4.20. The Hall–Kier alpha value is -4.81. The molecule has 2 aromatic carbocycles. The molecule has 0 saturated carbocycles. The van der Waals surface area contributed by atoms with E-state index in [1.54, 1.807) is 53.4 Å². The molecule has 0 spiro atoms. The van der Waals surface area contributed by atoms with Crippen molar-refractivity contribution in [3.8, 4) is 5.75 Å². The molecule has 1 saturated heterocycles. The lowest BCUT2D eigenvalue weighted by Crippen LogP contribution is -2.44. The summed E-state index contributed by atoms with van der Waals surface area (Å²) in [5.74, 6) is -0.497. The van der Waals surface area contributed by atoms with Gasteiger partial charge in [0, 0.05) is 55.3 Å². The quantitative estimate of drug-likeness (QED) is 0.240. The van der Waals surface area contributed by atoms with Gasteiger partial charge in [0.25, 0.3) is 0 Å². The Kier molecular flexibility index (Phi) is 9.42. The minimum absolute atomic E-state index is 0.0909. The highest BCUT2D eigenvalue weighted by Crippen LogP contribution is 2.36. The van der Waals surface area contributed by atoms with Gasteiger partial charge in [0.1, 0.15) is 28.8 Å². The van der Waals surface area contributed by atoms with Gasteiger partial charge >= 0.3 is 12.3 Å². The van der Waals surface area contributed by atoms with Crippen molar-refractivity contribution in [3.63, 3.8) is 0 Å². The van der Waals surface area contributed by atoms with Crippen LogP contribution in [0.25, 0.3) is 0 Å². The molecule has 4 rings (SSSR count). The van der Waals surface area contributed by atoms with E-state index in [1.807, 2.05) is 20.8 Å². The number of likely N-dealkylation sites (tertiary alicyclic amines) is 1. The van der Waals surface area contributed by atoms with E-state index >= 15 is 0 Å². The smallest absolute Gasteiger partial charge is 0.421 e. The van der Waals surface area contributed by atoms with Crippen molar-refractivity contribution in [1.82, 2.24) is 14.9 Å². The number of hydrogen-bond donors (Lipinski definition) is 3. The molecule has 0 unspecified atom stereocenters. The highest BCUT2D eigenvalue weighted by molar-refractivity contribution is 5.99. The Bertz CT molecular complexity index is 1470. The van der Waals surface area contributed by atoms with Crippen LogP contribution in [0, 0.1) is 0 Å². The third kappa shape index (κ3) is 9.09. The largest absolute Gasteiger partial charge is 0.490 e. The second-order valence-corrected chi connectivity index (χ2v) is 10.8. The summed E-state index contributed by atoms with van der Waals surface area (Å²) in [6.45, 7) is 9.76. The lowest BCUT2D eigenvalue weighted by atomic mass is 10.1. The monoisotopic (exact) mass is 598 g/mol. The predicted octanol–water partition coefficient (Wildman–Crippen LogP) is 6.89. The number of alkyl halides is 3. The Balaban J connectivity index is 1.45. The molecule has 0 atom stereocenters. The number of hydrogen-bond acceptors (Lipinski definition) is 8. The maximum Gasteiger partial charge on any atom is 0.421 e. The average molecular weight is 599 g/mol. The molecule has 0 bridgehead atoms. The molecular formula is C30H33F3N6O4. The van der Waals surface area contributed by atoms with Crippen LogP contribution in [0.5, 0.6) is 5.75 Å². The number of carbonyl (C=O) groups is 2. The summed E-state index contributed by atoms with van der Waals surface area (Å²) in [5.41, 5.74) is -0.410. The number of carbonyl (C=O) groups excluding carboxylic acids is 2.